The molecule has 60 valence electrons. The third-order valence-corrected chi connectivity index (χ3v) is 1.27. The predicted octanol–water partition coefficient (Wildman–Crippen LogP) is 0.849. The first-order valence-electron chi connectivity index (χ1n) is 3.54. The normalized spacial score (nSPS) is 10.0. The Morgan fingerprint density at radius 1 is 1.50 bits per heavy atom. The molecule has 0 aliphatic rings. The van der Waals surface area contributed by atoms with Crippen molar-refractivity contribution < 1.29 is 9.53 Å². The summed E-state index contributed by atoms with van der Waals surface area (Å²) in [4.78, 5) is 12.5. The van der Waals surface area contributed by atoms with Crippen LogP contribution < -0.4 is 0 Å². The number of esters is 1. The van der Waals surface area contributed by atoms with Crippen LogP contribution in [0.4, 0.5) is 0 Å². The van der Waals surface area contributed by atoms with Crippen molar-refractivity contribution in [3.05, 3.63) is 0 Å². The molecule has 0 saturated heterocycles. The van der Waals surface area contributed by atoms with Gasteiger partial charge in [0.25, 0.3) is 0 Å². The van der Waals surface area contributed by atoms with E-state index in [-0.39, 0.29) is 5.97 Å². The maximum Gasteiger partial charge on any atom is 0.306 e. The van der Waals surface area contributed by atoms with Gasteiger partial charge in [0.2, 0.25) is 0 Å². The molecule has 0 amide bonds. The molecule has 0 N–H and O–H groups in total. The first-order valence-corrected chi connectivity index (χ1v) is 3.54. The summed E-state index contributed by atoms with van der Waals surface area (Å²) in [7, 11) is 1.91. The third-order valence-electron chi connectivity index (χ3n) is 1.27. The van der Waals surface area contributed by atoms with E-state index < -0.39 is 0 Å². The molecular weight excluding hydrogens is 130 g/mol. The van der Waals surface area contributed by atoms with Crippen molar-refractivity contribution in [3.8, 4) is 0 Å². The standard InChI is InChI=1S/C7H15NO2/c1-4-7(9)10-6-8(3)5-2/h4-6H2,1-3H3. The lowest BCUT2D eigenvalue weighted by molar-refractivity contribution is -0.147. The van der Waals surface area contributed by atoms with Crippen LogP contribution in [0.25, 0.3) is 0 Å². The molecule has 0 bridgehead atoms. The fourth-order valence-corrected chi connectivity index (χ4v) is 0.376. The second kappa shape index (κ2) is 5.23. The first-order chi connectivity index (χ1) is 4.70. The zero-order valence-electron chi connectivity index (χ0n) is 6.89. The van der Waals surface area contributed by atoms with Gasteiger partial charge in [0, 0.05) is 6.42 Å². The summed E-state index contributed by atoms with van der Waals surface area (Å²) in [6, 6.07) is 0. The number of carbonyl (C=O) groups excluding carboxylic acids is 1. The zero-order chi connectivity index (χ0) is 7.98. The lowest BCUT2D eigenvalue weighted by Crippen LogP contribution is -2.23. The molecule has 3 nitrogen and oxygen atoms in total. The fraction of sp³-hybridized carbons (Fsp3) is 0.857. The van der Waals surface area contributed by atoms with Crippen molar-refractivity contribution in [3.63, 3.8) is 0 Å². The summed E-state index contributed by atoms with van der Waals surface area (Å²) < 4.78 is 4.83. The quantitative estimate of drug-likeness (QED) is 0.434. The average molecular weight is 145 g/mol. The van der Waals surface area contributed by atoms with Crippen LogP contribution in [0.1, 0.15) is 20.3 Å². The number of hydrogen-bond acceptors (Lipinski definition) is 3. The number of nitrogens with zero attached hydrogens (tertiary/aromatic N) is 1. The molecule has 0 fully saturated rings. The van der Waals surface area contributed by atoms with Gasteiger partial charge in [-0.1, -0.05) is 13.8 Å². The Labute approximate surface area is 62.0 Å². The van der Waals surface area contributed by atoms with E-state index in [0.717, 1.165) is 6.54 Å². The van der Waals surface area contributed by atoms with E-state index in [9.17, 15) is 4.79 Å². The molecule has 0 aromatic rings. The number of hydrogen-bond donors (Lipinski definition) is 0. The summed E-state index contributed by atoms with van der Waals surface area (Å²) in [5.74, 6) is -0.139. The van der Waals surface area contributed by atoms with E-state index in [4.69, 9.17) is 4.74 Å². The van der Waals surface area contributed by atoms with Crippen LogP contribution in [-0.2, 0) is 9.53 Å². The van der Waals surface area contributed by atoms with E-state index in [1.807, 2.05) is 18.9 Å². The molecule has 0 unspecified atom stereocenters. The molecule has 10 heavy (non-hydrogen) atoms. The fourth-order valence-electron chi connectivity index (χ4n) is 0.376. The van der Waals surface area contributed by atoms with Crippen LogP contribution in [0.5, 0.6) is 0 Å². The average Bonchev–Trinajstić information content (AvgIpc) is 1.99. The van der Waals surface area contributed by atoms with E-state index in [1.54, 1.807) is 6.92 Å². The van der Waals surface area contributed by atoms with Gasteiger partial charge < -0.3 is 4.74 Å². The largest absolute Gasteiger partial charge is 0.450 e. The Bertz CT molecular complexity index is 104. The highest BCUT2D eigenvalue weighted by molar-refractivity contribution is 5.68. The summed E-state index contributed by atoms with van der Waals surface area (Å²) >= 11 is 0. The molecular formula is C7H15NO2. The molecule has 0 aliphatic carbocycles. The summed E-state index contributed by atoms with van der Waals surface area (Å²) in [6.45, 7) is 5.11. The van der Waals surface area contributed by atoms with Gasteiger partial charge in [-0.3, -0.25) is 9.69 Å². The lowest BCUT2D eigenvalue weighted by atomic mass is 10.5. The van der Waals surface area contributed by atoms with Gasteiger partial charge in [-0.25, -0.2) is 0 Å². The van der Waals surface area contributed by atoms with Crippen LogP contribution >= 0.6 is 0 Å². The van der Waals surface area contributed by atoms with Crippen LogP contribution in [0, 0.1) is 0 Å². The SMILES string of the molecule is CCC(=O)OCN(C)CC. The molecule has 0 aromatic carbocycles. The van der Waals surface area contributed by atoms with Crippen molar-refractivity contribution in [2.45, 2.75) is 20.3 Å². The van der Waals surface area contributed by atoms with Crippen LogP contribution in [0.3, 0.4) is 0 Å². The molecule has 0 atom stereocenters. The maximum atomic E-state index is 10.6. The third kappa shape index (κ3) is 4.32. The molecule has 3 heteroatoms. The van der Waals surface area contributed by atoms with Gasteiger partial charge in [-0.05, 0) is 13.6 Å². The van der Waals surface area contributed by atoms with E-state index in [2.05, 4.69) is 0 Å². The second-order valence-corrected chi connectivity index (χ2v) is 2.17. The second-order valence-electron chi connectivity index (χ2n) is 2.17. The Morgan fingerprint density at radius 2 is 2.10 bits per heavy atom. The van der Waals surface area contributed by atoms with E-state index >= 15 is 0 Å². The Hall–Kier alpha value is -0.570. The van der Waals surface area contributed by atoms with Crippen molar-refractivity contribution in [2.24, 2.45) is 0 Å². The summed E-state index contributed by atoms with van der Waals surface area (Å²) in [5, 5.41) is 0. The first kappa shape index (κ1) is 9.43. The van der Waals surface area contributed by atoms with Gasteiger partial charge >= 0.3 is 5.97 Å². The van der Waals surface area contributed by atoms with Gasteiger partial charge in [-0.2, -0.15) is 0 Å². The Balaban J connectivity index is 3.26. The topological polar surface area (TPSA) is 29.5 Å². The lowest BCUT2D eigenvalue weighted by Gasteiger charge is -2.12. The van der Waals surface area contributed by atoms with Gasteiger partial charge in [-0.15, -0.1) is 0 Å². The number of carbonyl (C=O) groups is 1. The Kier molecular flexibility index (Phi) is 4.94. The molecule has 0 heterocycles. The van der Waals surface area contributed by atoms with Crippen LogP contribution in [0.15, 0.2) is 0 Å². The van der Waals surface area contributed by atoms with Crippen molar-refractivity contribution in [2.75, 3.05) is 20.3 Å². The number of ether oxygens (including phenoxy) is 1. The minimum Gasteiger partial charge on any atom is -0.450 e. The van der Waals surface area contributed by atoms with E-state index in [1.165, 1.54) is 0 Å². The van der Waals surface area contributed by atoms with Crippen LogP contribution in [0.2, 0.25) is 0 Å². The molecule has 0 aromatic heterocycles. The molecule has 0 rings (SSSR count). The summed E-state index contributed by atoms with van der Waals surface area (Å²) in [5.41, 5.74) is 0. The zero-order valence-corrected chi connectivity index (χ0v) is 6.89. The predicted molar refractivity (Wildman–Crippen MR) is 39.6 cm³/mol. The highest BCUT2D eigenvalue weighted by atomic mass is 16.5. The highest BCUT2D eigenvalue weighted by Crippen LogP contribution is 1.86. The van der Waals surface area contributed by atoms with E-state index in [0.29, 0.717) is 13.2 Å². The molecule has 0 aliphatic heterocycles. The van der Waals surface area contributed by atoms with Crippen molar-refractivity contribution in [1.29, 1.82) is 0 Å². The Morgan fingerprint density at radius 3 is 2.50 bits per heavy atom. The number of rotatable bonds is 4. The smallest absolute Gasteiger partial charge is 0.306 e. The van der Waals surface area contributed by atoms with Gasteiger partial charge in [0.15, 0.2) is 0 Å². The molecule has 0 saturated carbocycles. The van der Waals surface area contributed by atoms with Crippen molar-refractivity contribution >= 4 is 5.97 Å². The maximum absolute atomic E-state index is 10.6. The summed E-state index contributed by atoms with van der Waals surface area (Å²) in [6.07, 6.45) is 0.456. The minimum atomic E-state index is -0.139. The monoisotopic (exact) mass is 145 g/mol. The van der Waals surface area contributed by atoms with Crippen LogP contribution in [-0.4, -0.2) is 31.2 Å². The van der Waals surface area contributed by atoms with Crippen molar-refractivity contribution in [1.82, 2.24) is 4.90 Å². The molecule has 0 spiro atoms. The van der Waals surface area contributed by atoms with Gasteiger partial charge in [0.1, 0.15) is 6.73 Å². The highest BCUT2D eigenvalue weighted by Gasteiger charge is 1.98. The minimum absolute atomic E-state index is 0.139. The van der Waals surface area contributed by atoms with Gasteiger partial charge in [0.05, 0.1) is 0 Å². The molecule has 0 radical (unpaired) electrons.